The summed E-state index contributed by atoms with van der Waals surface area (Å²) in [6.45, 7) is 3.99. The number of piperazine rings is 1. The van der Waals surface area contributed by atoms with E-state index in [1.165, 1.54) is 7.05 Å². The second-order valence-corrected chi connectivity index (χ2v) is 9.46. The largest absolute Gasteiger partial charge is 0.369 e. The highest BCUT2D eigenvalue weighted by atomic mass is 32.2. The van der Waals surface area contributed by atoms with E-state index in [-0.39, 0.29) is 0 Å². The second kappa shape index (κ2) is 8.94. The van der Waals surface area contributed by atoms with Crippen molar-refractivity contribution in [3.63, 3.8) is 0 Å². The van der Waals surface area contributed by atoms with Gasteiger partial charge in [-0.1, -0.05) is 30.3 Å². The van der Waals surface area contributed by atoms with Gasteiger partial charge in [0.2, 0.25) is 15.9 Å². The number of hydrogen-bond acceptors (Lipinski definition) is 5. The van der Waals surface area contributed by atoms with Crippen LogP contribution in [-0.4, -0.2) is 70.1 Å². The fraction of sp³-hybridized carbons (Fsp3) is 0.381. The van der Waals surface area contributed by atoms with Crippen LogP contribution in [0.15, 0.2) is 54.6 Å². The molecule has 1 fully saturated rings. The fourth-order valence-corrected chi connectivity index (χ4v) is 3.98. The summed E-state index contributed by atoms with van der Waals surface area (Å²) in [5.74, 6) is -0.392. The summed E-state index contributed by atoms with van der Waals surface area (Å²) in [6.07, 6.45) is 1.10. The second-order valence-electron chi connectivity index (χ2n) is 7.42. The van der Waals surface area contributed by atoms with Crippen LogP contribution in [0.25, 0.3) is 0 Å². The maximum Gasteiger partial charge on any atom is 0.247 e. The summed E-state index contributed by atoms with van der Waals surface area (Å²) in [4.78, 5) is 17.6. The highest BCUT2D eigenvalue weighted by Crippen LogP contribution is 2.25. The number of benzene rings is 2. The monoisotopic (exact) mass is 416 g/mol. The molecule has 156 valence electrons. The molecule has 1 aliphatic rings. The lowest BCUT2D eigenvalue weighted by molar-refractivity contribution is -0.119. The summed E-state index contributed by atoms with van der Waals surface area (Å²) >= 11 is 0. The van der Waals surface area contributed by atoms with E-state index in [1.54, 1.807) is 24.3 Å². The first-order valence-corrected chi connectivity index (χ1v) is 11.4. The number of hydrogen-bond donors (Lipinski definition) is 1. The molecule has 1 atom stereocenters. The van der Waals surface area contributed by atoms with Crippen LogP contribution in [0, 0.1) is 0 Å². The quantitative estimate of drug-likeness (QED) is 0.780. The maximum atomic E-state index is 13.0. The number of carbonyl (C=O) groups is 1. The lowest BCUT2D eigenvalue weighted by atomic mass is 10.1. The molecule has 0 spiro atoms. The molecule has 2 aromatic carbocycles. The number of sulfonamides is 1. The standard InChI is InChI=1S/C21H28N4O3S/c1-23-13-15-25(16-14-23)19-11-9-18(10-12-19)22-21(26)20(24(2)29(3,27)28)17-7-5-4-6-8-17/h4-12,20H,13-16H2,1-3H3,(H,22,26)/t20-/m0/s1. The summed E-state index contributed by atoms with van der Waals surface area (Å²) in [5, 5.41) is 2.86. The molecule has 0 aliphatic carbocycles. The number of nitrogens with one attached hydrogen (secondary N) is 1. The summed E-state index contributed by atoms with van der Waals surface area (Å²) in [5.41, 5.74) is 2.37. The number of carbonyl (C=O) groups excluding carboxylic acids is 1. The highest BCUT2D eigenvalue weighted by Gasteiger charge is 2.30. The molecule has 1 saturated heterocycles. The van der Waals surface area contributed by atoms with Crippen molar-refractivity contribution in [2.24, 2.45) is 0 Å². The smallest absolute Gasteiger partial charge is 0.247 e. The molecule has 7 nitrogen and oxygen atoms in total. The van der Waals surface area contributed by atoms with Gasteiger partial charge in [-0.05, 0) is 36.9 Å². The summed E-state index contributed by atoms with van der Waals surface area (Å²) < 4.78 is 25.3. The van der Waals surface area contributed by atoms with E-state index in [0.29, 0.717) is 11.3 Å². The molecule has 0 aromatic heterocycles. The SMILES string of the molecule is CN1CCN(c2ccc(NC(=O)[C@H](c3ccccc3)N(C)S(C)(=O)=O)cc2)CC1. The lowest BCUT2D eigenvalue weighted by Gasteiger charge is -2.34. The Balaban J connectivity index is 1.75. The van der Waals surface area contributed by atoms with E-state index in [1.807, 2.05) is 30.3 Å². The predicted octanol–water partition coefficient (Wildman–Crippen LogP) is 2.01. The number of anilines is 2. The molecule has 2 aromatic rings. The van der Waals surface area contributed by atoms with Gasteiger partial charge in [0.05, 0.1) is 6.26 Å². The zero-order chi connectivity index (χ0) is 21.0. The average molecular weight is 417 g/mol. The minimum atomic E-state index is -3.55. The van der Waals surface area contributed by atoms with Gasteiger partial charge in [-0.15, -0.1) is 0 Å². The van der Waals surface area contributed by atoms with E-state index >= 15 is 0 Å². The Kier molecular flexibility index (Phi) is 6.56. The molecule has 1 heterocycles. The molecule has 29 heavy (non-hydrogen) atoms. The van der Waals surface area contributed by atoms with E-state index < -0.39 is 22.0 Å². The molecule has 1 amide bonds. The van der Waals surface area contributed by atoms with Crippen LogP contribution < -0.4 is 10.2 Å². The van der Waals surface area contributed by atoms with Gasteiger partial charge in [0.1, 0.15) is 6.04 Å². The van der Waals surface area contributed by atoms with Gasteiger partial charge in [-0.2, -0.15) is 4.31 Å². The first-order chi connectivity index (χ1) is 13.8. The Hall–Kier alpha value is -2.42. The topological polar surface area (TPSA) is 73.0 Å². The first kappa shape index (κ1) is 21.3. The van der Waals surface area contributed by atoms with Gasteiger partial charge in [0, 0.05) is 44.6 Å². The third-order valence-corrected chi connectivity index (χ3v) is 6.51. The van der Waals surface area contributed by atoms with Crippen molar-refractivity contribution in [1.29, 1.82) is 0 Å². The van der Waals surface area contributed by atoms with Crippen molar-refractivity contribution < 1.29 is 13.2 Å². The van der Waals surface area contributed by atoms with E-state index in [2.05, 4.69) is 22.2 Å². The van der Waals surface area contributed by atoms with Crippen molar-refractivity contribution >= 4 is 27.3 Å². The Bertz CT molecular complexity index is 924. The number of nitrogens with zero attached hydrogens (tertiary/aromatic N) is 3. The van der Waals surface area contributed by atoms with Gasteiger partial charge in [0.25, 0.3) is 0 Å². The van der Waals surface area contributed by atoms with Gasteiger partial charge >= 0.3 is 0 Å². The van der Waals surface area contributed by atoms with Gasteiger partial charge < -0.3 is 15.1 Å². The van der Waals surface area contributed by atoms with Crippen LogP contribution >= 0.6 is 0 Å². The third kappa shape index (κ3) is 5.35. The van der Waals surface area contributed by atoms with Crippen LogP contribution in [0.3, 0.4) is 0 Å². The van der Waals surface area contributed by atoms with Crippen molar-refractivity contribution in [2.75, 3.05) is 56.7 Å². The van der Waals surface area contributed by atoms with Gasteiger partial charge in [0.15, 0.2) is 0 Å². The first-order valence-electron chi connectivity index (χ1n) is 9.58. The molecule has 3 rings (SSSR count). The molecule has 1 aliphatic heterocycles. The Morgan fingerprint density at radius 1 is 1.00 bits per heavy atom. The van der Waals surface area contributed by atoms with Gasteiger partial charge in [-0.3, -0.25) is 4.79 Å². The van der Waals surface area contributed by atoms with Crippen molar-refractivity contribution in [2.45, 2.75) is 6.04 Å². The van der Waals surface area contributed by atoms with E-state index in [4.69, 9.17) is 0 Å². The maximum absolute atomic E-state index is 13.0. The molecule has 8 heteroatoms. The minimum Gasteiger partial charge on any atom is -0.369 e. The predicted molar refractivity (Wildman–Crippen MR) is 117 cm³/mol. The molecule has 0 radical (unpaired) electrons. The summed E-state index contributed by atoms with van der Waals surface area (Å²) in [6, 6.07) is 15.6. The highest BCUT2D eigenvalue weighted by molar-refractivity contribution is 7.88. The Morgan fingerprint density at radius 3 is 2.14 bits per heavy atom. The summed E-state index contributed by atoms with van der Waals surface area (Å²) in [7, 11) is -0.0140. The van der Waals surface area contributed by atoms with Crippen LogP contribution in [0.1, 0.15) is 11.6 Å². The molecular formula is C21H28N4O3S. The third-order valence-electron chi connectivity index (χ3n) is 5.25. The van der Waals surface area contributed by atoms with Crippen LogP contribution in [0.4, 0.5) is 11.4 Å². The fourth-order valence-electron chi connectivity index (χ4n) is 3.38. The zero-order valence-corrected chi connectivity index (χ0v) is 17.9. The van der Waals surface area contributed by atoms with Crippen LogP contribution in [0.2, 0.25) is 0 Å². The van der Waals surface area contributed by atoms with Crippen molar-refractivity contribution in [3.05, 3.63) is 60.2 Å². The Morgan fingerprint density at radius 2 is 1.59 bits per heavy atom. The molecule has 1 N–H and O–H groups in total. The molecule has 0 unspecified atom stereocenters. The molecule has 0 bridgehead atoms. The Labute approximate surface area is 173 Å². The van der Waals surface area contributed by atoms with Crippen molar-refractivity contribution in [1.82, 2.24) is 9.21 Å². The molecular weight excluding hydrogens is 388 g/mol. The number of likely N-dealkylation sites (N-methyl/N-ethyl adjacent to an activating group) is 2. The normalized spacial score (nSPS) is 16.6. The van der Waals surface area contributed by atoms with E-state index in [0.717, 1.165) is 42.4 Å². The van der Waals surface area contributed by atoms with Crippen LogP contribution in [-0.2, 0) is 14.8 Å². The zero-order valence-electron chi connectivity index (χ0n) is 17.1. The molecule has 0 saturated carbocycles. The lowest BCUT2D eigenvalue weighted by Crippen LogP contribution is -2.44. The average Bonchev–Trinajstić information content (AvgIpc) is 2.69. The number of rotatable bonds is 6. The number of amides is 1. The minimum absolute atomic E-state index is 0.392. The van der Waals surface area contributed by atoms with Crippen molar-refractivity contribution in [3.8, 4) is 0 Å². The van der Waals surface area contributed by atoms with Gasteiger partial charge in [-0.25, -0.2) is 8.42 Å². The van der Waals surface area contributed by atoms with E-state index in [9.17, 15) is 13.2 Å². The van der Waals surface area contributed by atoms with Crippen LogP contribution in [0.5, 0.6) is 0 Å².